The van der Waals surface area contributed by atoms with Crippen LogP contribution < -0.4 is 0 Å². The van der Waals surface area contributed by atoms with Gasteiger partial charge in [-0.3, -0.25) is 0 Å². The Balaban J connectivity index is 2.42. The number of aliphatic hydroxyl groups excluding tert-OH is 1. The highest BCUT2D eigenvalue weighted by Gasteiger charge is 2.43. The molecule has 1 saturated heterocycles. The third-order valence-electron chi connectivity index (χ3n) is 3.57. The molecule has 1 N–H and O–H groups in total. The molecule has 0 aliphatic carbocycles. The number of hydrogen-bond acceptors (Lipinski definition) is 5. The lowest BCUT2D eigenvalue weighted by atomic mass is 10.2. The SMILES string of the molecule is Cc1ccc(Cl)cc1S(=O)(=O)N(C)[C@H]1CS(=O)(=O)C[C@H]1O. The Hall–Kier alpha value is -0.670. The van der Waals surface area contributed by atoms with Crippen LogP contribution in [0.5, 0.6) is 0 Å². The van der Waals surface area contributed by atoms with E-state index in [1.165, 1.54) is 13.1 Å². The minimum atomic E-state index is -3.93. The summed E-state index contributed by atoms with van der Waals surface area (Å²) in [5, 5.41) is 10.1. The molecule has 1 aliphatic rings. The first-order chi connectivity index (χ1) is 9.54. The van der Waals surface area contributed by atoms with Crippen molar-refractivity contribution in [2.24, 2.45) is 0 Å². The topological polar surface area (TPSA) is 91.8 Å². The maximum atomic E-state index is 12.6. The molecule has 0 unspecified atom stereocenters. The molecule has 118 valence electrons. The number of nitrogens with zero attached hydrogens (tertiary/aromatic N) is 1. The maximum absolute atomic E-state index is 12.6. The molecule has 2 atom stereocenters. The van der Waals surface area contributed by atoms with Crippen LogP contribution in [0.2, 0.25) is 5.02 Å². The zero-order chi connectivity index (χ0) is 16.0. The number of hydrogen-bond donors (Lipinski definition) is 1. The fourth-order valence-electron chi connectivity index (χ4n) is 2.34. The van der Waals surface area contributed by atoms with E-state index in [2.05, 4.69) is 0 Å². The van der Waals surface area contributed by atoms with E-state index in [1.807, 2.05) is 0 Å². The zero-order valence-electron chi connectivity index (χ0n) is 11.5. The zero-order valence-corrected chi connectivity index (χ0v) is 13.9. The van der Waals surface area contributed by atoms with Crippen LogP contribution in [-0.4, -0.2) is 56.9 Å². The van der Waals surface area contributed by atoms with Crippen LogP contribution in [0.15, 0.2) is 23.1 Å². The lowest BCUT2D eigenvalue weighted by Gasteiger charge is -2.26. The third kappa shape index (κ3) is 3.24. The highest BCUT2D eigenvalue weighted by atomic mass is 35.5. The third-order valence-corrected chi connectivity index (χ3v) is 7.53. The van der Waals surface area contributed by atoms with E-state index >= 15 is 0 Å². The number of sulfone groups is 1. The van der Waals surface area contributed by atoms with Gasteiger partial charge in [-0.1, -0.05) is 17.7 Å². The van der Waals surface area contributed by atoms with Gasteiger partial charge in [0.15, 0.2) is 9.84 Å². The van der Waals surface area contributed by atoms with Gasteiger partial charge in [0, 0.05) is 12.1 Å². The van der Waals surface area contributed by atoms with E-state index in [0.29, 0.717) is 5.56 Å². The van der Waals surface area contributed by atoms with Gasteiger partial charge < -0.3 is 5.11 Å². The average Bonchev–Trinajstić information content (AvgIpc) is 2.64. The summed E-state index contributed by atoms with van der Waals surface area (Å²) < 4.78 is 49.2. The number of halogens is 1. The maximum Gasteiger partial charge on any atom is 0.243 e. The highest BCUT2D eigenvalue weighted by molar-refractivity contribution is 7.92. The lowest BCUT2D eigenvalue weighted by Crippen LogP contribution is -2.44. The Labute approximate surface area is 129 Å². The summed E-state index contributed by atoms with van der Waals surface area (Å²) in [7, 11) is -6.10. The predicted octanol–water partition coefficient (Wildman–Crippen LogP) is 0.427. The Morgan fingerprint density at radius 2 is 1.95 bits per heavy atom. The van der Waals surface area contributed by atoms with Crippen LogP contribution in [0.3, 0.4) is 0 Å². The van der Waals surface area contributed by atoms with Gasteiger partial charge in [0.2, 0.25) is 10.0 Å². The van der Waals surface area contributed by atoms with Gasteiger partial charge in [0.1, 0.15) is 0 Å². The molecule has 1 fully saturated rings. The van der Waals surface area contributed by atoms with E-state index in [1.54, 1.807) is 19.1 Å². The molecule has 0 saturated carbocycles. The monoisotopic (exact) mass is 353 g/mol. The first-order valence-corrected chi connectivity index (χ1v) is 9.81. The summed E-state index contributed by atoms with van der Waals surface area (Å²) in [4.78, 5) is 0.00833. The Kier molecular flexibility index (Phi) is 4.38. The highest BCUT2D eigenvalue weighted by Crippen LogP contribution is 2.27. The Bertz CT molecular complexity index is 760. The average molecular weight is 354 g/mol. The van der Waals surface area contributed by atoms with E-state index in [-0.39, 0.29) is 15.7 Å². The Morgan fingerprint density at radius 1 is 1.33 bits per heavy atom. The number of sulfonamides is 1. The van der Waals surface area contributed by atoms with Gasteiger partial charge in [0.25, 0.3) is 0 Å². The fourth-order valence-corrected chi connectivity index (χ4v) is 6.15. The molecule has 0 radical (unpaired) electrons. The second kappa shape index (κ2) is 5.51. The number of rotatable bonds is 3. The second-order valence-corrected chi connectivity index (χ2v) is 9.70. The minimum absolute atomic E-state index is 0.00833. The van der Waals surface area contributed by atoms with Gasteiger partial charge in [-0.15, -0.1) is 0 Å². The van der Waals surface area contributed by atoms with Crippen molar-refractivity contribution < 1.29 is 21.9 Å². The Morgan fingerprint density at radius 3 is 2.48 bits per heavy atom. The molecule has 0 spiro atoms. The van der Waals surface area contributed by atoms with Crippen molar-refractivity contribution in [2.45, 2.75) is 24.0 Å². The van der Waals surface area contributed by atoms with E-state index < -0.39 is 37.8 Å². The molecule has 21 heavy (non-hydrogen) atoms. The van der Waals surface area contributed by atoms with E-state index in [0.717, 1.165) is 4.31 Å². The van der Waals surface area contributed by atoms with Crippen molar-refractivity contribution in [3.8, 4) is 0 Å². The predicted molar refractivity (Wildman–Crippen MR) is 79.6 cm³/mol. The first kappa shape index (κ1) is 16.7. The van der Waals surface area contributed by atoms with Crippen LogP contribution in [0, 0.1) is 6.92 Å². The number of aryl methyl sites for hydroxylation is 1. The molecule has 0 aromatic heterocycles. The van der Waals surface area contributed by atoms with Gasteiger partial charge in [-0.05, 0) is 24.6 Å². The van der Waals surface area contributed by atoms with Crippen LogP contribution >= 0.6 is 11.6 Å². The molecule has 6 nitrogen and oxygen atoms in total. The van der Waals surface area contributed by atoms with Crippen LogP contribution in [-0.2, 0) is 19.9 Å². The number of aliphatic hydroxyl groups is 1. The molecule has 9 heteroatoms. The van der Waals surface area contributed by atoms with Crippen molar-refractivity contribution in [2.75, 3.05) is 18.6 Å². The van der Waals surface area contributed by atoms with Crippen LogP contribution in [0.1, 0.15) is 5.56 Å². The van der Waals surface area contributed by atoms with Crippen molar-refractivity contribution in [1.82, 2.24) is 4.31 Å². The van der Waals surface area contributed by atoms with Gasteiger partial charge >= 0.3 is 0 Å². The number of benzene rings is 1. The summed E-state index contributed by atoms with van der Waals surface area (Å²) in [6.45, 7) is 1.62. The minimum Gasteiger partial charge on any atom is -0.390 e. The molecule has 2 rings (SSSR count). The second-order valence-electron chi connectivity index (χ2n) is 5.14. The summed E-state index contributed by atoms with van der Waals surface area (Å²) >= 11 is 5.83. The molecule has 0 amide bonds. The number of likely N-dealkylation sites (N-methyl/N-ethyl adjacent to an activating group) is 1. The van der Waals surface area contributed by atoms with Crippen molar-refractivity contribution in [3.63, 3.8) is 0 Å². The summed E-state index contributed by atoms with van der Waals surface area (Å²) in [5.41, 5.74) is 0.501. The summed E-state index contributed by atoms with van der Waals surface area (Å²) in [6.07, 6.45) is -1.23. The van der Waals surface area contributed by atoms with Gasteiger partial charge in [-0.2, -0.15) is 4.31 Å². The molecule has 1 aliphatic heterocycles. The molecule has 1 heterocycles. The molecule has 0 bridgehead atoms. The molecule has 1 aromatic carbocycles. The normalized spacial score (nSPS) is 25.4. The van der Waals surface area contributed by atoms with Crippen molar-refractivity contribution in [1.29, 1.82) is 0 Å². The quantitative estimate of drug-likeness (QED) is 0.850. The standard InChI is InChI=1S/C12H16ClNO5S2/c1-8-3-4-9(13)5-12(8)21(18,19)14(2)10-6-20(16,17)7-11(10)15/h3-5,10-11,15H,6-7H2,1-2H3/t10-,11+/m0/s1. The largest absolute Gasteiger partial charge is 0.390 e. The lowest BCUT2D eigenvalue weighted by molar-refractivity contribution is 0.137. The first-order valence-electron chi connectivity index (χ1n) is 6.17. The fraction of sp³-hybridized carbons (Fsp3) is 0.500. The van der Waals surface area contributed by atoms with Crippen LogP contribution in [0.4, 0.5) is 0 Å². The molecular formula is C12H16ClNO5S2. The smallest absolute Gasteiger partial charge is 0.243 e. The van der Waals surface area contributed by atoms with E-state index in [4.69, 9.17) is 11.6 Å². The van der Waals surface area contributed by atoms with E-state index in [9.17, 15) is 21.9 Å². The van der Waals surface area contributed by atoms with Gasteiger partial charge in [-0.25, -0.2) is 16.8 Å². The van der Waals surface area contributed by atoms with Crippen molar-refractivity contribution in [3.05, 3.63) is 28.8 Å². The summed E-state index contributed by atoms with van der Waals surface area (Å²) in [6, 6.07) is 3.48. The van der Waals surface area contributed by atoms with Crippen molar-refractivity contribution >= 4 is 31.5 Å². The molecule has 1 aromatic rings. The van der Waals surface area contributed by atoms with Gasteiger partial charge in [0.05, 0.1) is 28.5 Å². The van der Waals surface area contributed by atoms with Crippen LogP contribution in [0.25, 0.3) is 0 Å². The molecular weight excluding hydrogens is 338 g/mol. The summed E-state index contributed by atoms with van der Waals surface area (Å²) in [5.74, 6) is -0.810.